The molecule has 0 saturated heterocycles. The normalized spacial score (nSPS) is 12.2. The molecule has 2 aromatic carbocycles. The average molecular weight is 311 g/mol. The molecule has 0 heterocycles. The van der Waals surface area contributed by atoms with E-state index in [1.807, 2.05) is 24.3 Å². The van der Waals surface area contributed by atoms with Crippen molar-refractivity contribution in [1.82, 2.24) is 0 Å². The van der Waals surface area contributed by atoms with Gasteiger partial charge >= 0.3 is 0 Å². The smallest absolute Gasteiger partial charge is 0.160 e. The van der Waals surface area contributed by atoms with Gasteiger partial charge in [-0.1, -0.05) is 23.7 Å². The highest BCUT2D eigenvalue weighted by Crippen LogP contribution is 2.31. The zero-order valence-electron chi connectivity index (χ0n) is 10.9. The Morgan fingerprint density at radius 2 is 2.05 bits per heavy atom. The van der Waals surface area contributed by atoms with E-state index in [4.69, 9.17) is 16.3 Å². The number of halogens is 1. The minimum atomic E-state index is -0.645. The molecule has 5 heteroatoms. The zero-order valence-corrected chi connectivity index (χ0v) is 12.5. The number of phenolic OH excluding ortho intramolecular Hbond substituents is 1. The molecule has 106 valence electrons. The Kier molecular flexibility index (Phi) is 5.17. The fourth-order valence-corrected chi connectivity index (χ4v) is 2.91. The van der Waals surface area contributed by atoms with E-state index in [1.165, 1.54) is 24.9 Å². The molecular weight excluding hydrogens is 296 g/mol. The van der Waals surface area contributed by atoms with Gasteiger partial charge in [-0.3, -0.25) is 0 Å². The second-order valence-corrected chi connectivity index (χ2v) is 5.75. The van der Waals surface area contributed by atoms with Gasteiger partial charge in [0.1, 0.15) is 0 Å². The molecule has 1 unspecified atom stereocenters. The molecule has 0 fully saturated rings. The molecule has 2 aromatic rings. The van der Waals surface area contributed by atoms with Crippen molar-refractivity contribution in [2.24, 2.45) is 0 Å². The summed E-state index contributed by atoms with van der Waals surface area (Å²) in [6, 6.07) is 12.3. The van der Waals surface area contributed by atoms with Crippen molar-refractivity contribution in [2.75, 3.05) is 12.9 Å². The van der Waals surface area contributed by atoms with Gasteiger partial charge in [-0.2, -0.15) is 0 Å². The van der Waals surface area contributed by atoms with Crippen LogP contribution in [-0.4, -0.2) is 23.1 Å². The maximum Gasteiger partial charge on any atom is 0.160 e. The van der Waals surface area contributed by atoms with Crippen LogP contribution >= 0.6 is 23.4 Å². The molecule has 0 aliphatic rings. The van der Waals surface area contributed by atoms with Crippen LogP contribution in [0.2, 0.25) is 5.02 Å². The first kappa shape index (κ1) is 15.0. The Bertz CT molecular complexity index is 589. The summed E-state index contributed by atoms with van der Waals surface area (Å²) in [5.41, 5.74) is 0.703. The summed E-state index contributed by atoms with van der Waals surface area (Å²) in [4.78, 5) is 1.00. The van der Waals surface area contributed by atoms with E-state index in [0.29, 0.717) is 22.1 Å². The standard InChI is InChI=1S/C15H15ClO3S/c1-19-15-7-10(5-6-13(15)17)14(18)9-20-12-4-2-3-11(16)8-12/h2-8,14,17-18H,9H2,1H3. The van der Waals surface area contributed by atoms with Crippen LogP contribution in [-0.2, 0) is 0 Å². The highest BCUT2D eigenvalue weighted by molar-refractivity contribution is 7.99. The fraction of sp³-hybridized carbons (Fsp3) is 0.200. The van der Waals surface area contributed by atoms with Gasteiger partial charge in [-0.15, -0.1) is 11.8 Å². The number of methoxy groups -OCH3 is 1. The lowest BCUT2D eigenvalue weighted by Gasteiger charge is -2.12. The quantitative estimate of drug-likeness (QED) is 0.823. The topological polar surface area (TPSA) is 49.7 Å². The second kappa shape index (κ2) is 6.88. The zero-order chi connectivity index (χ0) is 14.5. The van der Waals surface area contributed by atoms with Crippen LogP contribution in [0.5, 0.6) is 11.5 Å². The van der Waals surface area contributed by atoms with Crippen molar-refractivity contribution in [1.29, 1.82) is 0 Å². The molecular formula is C15H15ClO3S. The van der Waals surface area contributed by atoms with Crippen LogP contribution in [0, 0.1) is 0 Å². The molecule has 0 saturated carbocycles. The highest BCUT2D eigenvalue weighted by Gasteiger charge is 2.11. The molecule has 0 aliphatic carbocycles. The third-order valence-corrected chi connectivity index (χ3v) is 4.10. The number of hydrogen-bond acceptors (Lipinski definition) is 4. The molecule has 0 bridgehead atoms. The third-order valence-electron chi connectivity index (χ3n) is 2.79. The van der Waals surface area contributed by atoms with Crippen molar-refractivity contribution in [2.45, 2.75) is 11.0 Å². The van der Waals surface area contributed by atoms with Crippen molar-refractivity contribution >= 4 is 23.4 Å². The van der Waals surface area contributed by atoms with Crippen molar-refractivity contribution in [3.8, 4) is 11.5 Å². The summed E-state index contributed by atoms with van der Waals surface area (Å²) in [6.07, 6.45) is -0.645. The highest BCUT2D eigenvalue weighted by atomic mass is 35.5. The van der Waals surface area contributed by atoms with E-state index in [1.54, 1.807) is 12.1 Å². The van der Waals surface area contributed by atoms with E-state index in [0.717, 1.165) is 4.90 Å². The number of aromatic hydroxyl groups is 1. The van der Waals surface area contributed by atoms with E-state index in [-0.39, 0.29) is 5.75 Å². The summed E-state index contributed by atoms with van der Waals surface area (Å²) in [5.74, 6) is 0.911. The summed E-state index contributed by atoms with van der Waals surface area (Å²) in [6.45, 7) is 0. The Labute approximate surface area is 127 Å². The van der Waals surface area contributed by atoms with Crippen LogP contribution in [0.25, 0.3) is 0 Å². The first-order chi connectivity index (χ1) is 9.60. The van der Waals surface area contributed by atoms with Crippen molar-refractivity contribution < 1.29 is 14.9 Å². The average Bonchev–Trinajstić information content (AvgIpc) is 2.45. The van der Waals surface area contributed by atoms with Gasteiger partial charge < -0.3 is 14.9 Å². The number of aliphatic hydroxyl groups excluding tert-OH is 1. The van der Waals surface area contributed by atoms with E-state index >= 15 is 0 Å². The number of thioether (sulfide) groups is 1. The number of benzene rings is 2. The Morgan fingerprint density at radius 3 is 2.75 bits per heavy atom. The van der Waals surface area contributed by atoms with Gasteiger partial charge in [0.25, 0.3) is 0 Å². The molecule has 0 amide bonds. The Morgan fingerprint density at radius 1 is 1.25 bits per heavy atom. The molecule has 2 N–H and O–H groups in total. The second-order valence-electron chi connectivity index (χ2n) is 4.22. The van der Waals surface area contributed by atoms with Gasteiger partial charge in [0.2, 0.25) is 0 Å². The lowest BCUT2D eigenvalue weighted by atomic mass is 10.1. The monoisotopic (exact) mass is 310 g/mol. The van der Waals surface area contributed by atoms with Gasteiger partial charge in [-0.25, -0.2) is 0 Å². The van der Waals surface area contributed by atoms with Crippen LogP contribution in [0.4, 0.5) is 0 Å². The summed E-state index contributed by atoms with van der Waals surface area (Å²) in [7, 11) is 1.48. The van der Waals surface area contributed by atoms with E-state index in [2.05, 4.69) is 0 Å². The number of hydrogen-bond donors (Lipinski definition) is 2. The predicted molar refractivity (Wildman–Crippen MR) is 81.8 cm³/mol. The lowest BCUT2D eigenvalue weighted by molar-refractivity contribution is 0.203. The Balaban J connectivity index is 2.03. The SMILES string of the molecule is COc1cc(C(O)CSc2cccc(Cl)c2)ccc1O. The molecule has 0 aromatic heterocycles. The predicted octanol–water partition coefficient (Wildman–Crippen LogP) is 3.88. The Hall–Kier alpha value is -1.36. The molecule has 20 heavy (non-hydrogen) atoms. The van der Waals surface area contributed by atoms with Gasteiger partial charge in [-0.05, 0) is 35.9 Å². The van der Waals surface area contributed by atoms with Gasteiger partial charge in [0.15, 0.2) is 11.5 Å². The first-order valence-corrected chi connectivity index (χ1v) is 7.40. The number of rotatable bonds is 5. The molecule has 1 atom stereocenters. The largest absolute Gasteiger partial charge is 0.504 e. The van der Waals surface area contributed by atoms with Gasteiger partial charge in [0, 0.05) is 15.7 Å². The molecule has 0 radical (unpaired) electrons. The van der Waals surface area contributed by atoms with Crippen LogP contribution < -0.4 is 4.74 Å². The minimum Gasteiger partial charge on any atom is -0.504 e. The maximum atomic E-state index is 10.2. The lowest BCUT2D eigenvalue weighted by Crippen LogP contribution is -2.01. The molecule has 3 nitrogen and oxygen atoms in total. The van der Waals surface area contributed by atoms with E-state index < -0.39 is 6.10 Å². The van der Waals surface area contributed by atoms with Crippen LogP contribution in [0.1, 0.15) is 11.7 Å². The van der Waals surface area contributed by atoms with Crippen molar-refractivity contribution in [3.05, 3.63) is 53.1 Å². The van der Waals surface area contributed by atoms with E-state index in [9.17, 15) is 10.2 Å². The number of phenols is 1. The number of ether oxygens (including phenoxy) is 1. The van der Waals surface area contributed by atoms with Gasteiger partial charge in [0.05, 0.1) is 13.2 Å². The first-order valence-electron chi connectivity index (χ1n) is 6.03. The fourth-order valence-electron chi connectivity index (χ4n) is 1.73. The van der Waals surface area contributed by atoms with Crippen molar-refractivity contribution in [3.63, 3.8) is 0 Å². The summed E-state index contributed by atoms with van der Waals surface area (Å²) in [5, 5.41) is 20.4. The summed E-state index contributed by atoms with van der Waals surface area (Å²) < 4.78 is 5.03. The molecule has 0 spiro atoms. The van der Waals surface area contributed by atoms with Crippen LogP contribution in [0.15, 0.2) is 47.4 Å². The minimum absolute atomic E-state index is 0.0611. The molecule has 0 aliphatic heterocycles. The number of aliphatic hydroxyl groups is 1. The maximum absolute atomic E-state index is 10.2. The van der Waals surface area contributed by atoms with Crippen LogP contribution in [0.3, 0.4) is 0 Å². The molecule has 2 rings (SSSR count). The third kappa shape index (κ3) is 3.82. The summed E-state index contributed by atoms with van der Waals surface area (Å²) >= 11 is 7.43.